The molecule has 19 heavy (non-hydrogen) atoms. The minimum Gasteiger partial charge on any atom is -0.480 e. The highest BCUT2D eigenvalue weighted by Gasteiger charge is 2.24. The van der Waals surface area contributed by atoms with Crippen LogP contribution in [0.2, 0.25) is 0 Å². The molecule has 0 spiro atoms. The Morgan fingerprint density at radius 3 is 2.53 bits per heavy atom. The van der Waals surface area contributed by atoms with Gasteiger partial charge >= 0.3 is 5.97 Å². The Bertz CT molecular complexity index is 488. The molecule has 1 aromatic carbocycles. The van der Waals surface area contributed by atoms with E-state index in [9.17, 15) is 14.0 Å². The average molecular weight is 267 g/mol. The number of halogens is 1. The molecule has 1 N–H and O–H groups in total. The van der Waals surface area contributed by atoms with Crippen LogP contribution in [0.15, 0.2) is 18.2 Å². The van der Waals surface area contributed by atoms with Crippen LogP contribution in [0, 0.1) is 12.7 Å². The first-order valence-electron chi connectivity index (χ1n) is 6.15. The Labute approximate surface area is 111 Å². The largest absolute Gasteiger partial charge is 0.480 e. The van der Waals surface area contributed by atoms with Gasteiger partial charge in [0.05, 0.1) is 5.56 Å². The maximum absolute atomic E-state index is 13.8. The van der Waals surface area contributed by atoms with Crippen LogP contribution in [0.5, 0.6) is 0 Å². The smallest absolute Gasteiger partial charge is 0.323 e. The Morgan fingerprint density at radius 1 is 1.42 bits per heavy atom. The lowest BCUT2D eigenvalue weighted by atomic mass is 10.1. The highest BCUT2D eigenvalue weighted by atomic mass is 19.1. The summed E-state index contributed by atoms with van der Waals surface area (Å²) < 4.78 is 13.8. The second-order valence-electron chi connectivity index (χ2n) is 4.57. The predicted molar refractivity (Wildman–Crippen MR) is 69.6 cm³/mol. The molecule has 0 heterocycles. The third-order valence-electron chi connectivity index (χ3n) is 3.04. The zero-order chi connectivity index (χ0) is 14.6. The van der Waals surface area contributed by atoms with Crippen LogP contribution in [0.3, 0.4) is 0 Å². The van der Waals surface area contributed by atoms with Gasteiger partial charge in [0.2, 0.25) is 0 Å². The summed E-state index contributed by atoms with van der Waals surface area (Å²) in [6.07, 6.45) is 0.604. The molecule has 0 fully saturated rings. The number of carboxylic acids is 1. The number of carbonyl (C=O) groups excluding carboxylic acids is 1. The molecule has 0 aromatic heterocycles. The van der Waals surface area contributed by atoms with Crippen molar-refractivity contribution in [1.29, 1.82) is 0 Å². The van der Waals surface area contributed by atoms with Crippen molar-refractivity contribution < 1.29 is 19.1 Å². The van der Waals surface area contributed by atoms with Crippen LogP contribution in [0.1, 0.15) is 36.2 Å². The first-order chi connectivity index (χ1) is 8.86. The molecule has 0 aliphatic carbocycles. The van der Waals surface area contributed by atoms with Gasteiger partial charge in [0.25, 0.3) is 5.91 Å². The summed E-state index contributed by atoms with van der Waals surface area (Å²) in [5.41, 5.74) is 0.620. The molecule has 1 atom stereocenters. The fourth-order valence-corrected chi connectivity index (χ4v) is 1.74. The van der Waals surface area contributed by atoms with E-state index in [-0.39, 0.29) is 11.6 Å². The SMILES string of the molecule is CC[C@H](C)N(CC(=O)O)C(=O)c1ccc(C)cc1F. The number of aliphatic carboxylic acids is 1. The van der Waals surface area contributed by atoms with E-state index in [1.807, 2.05) is 6.92 Å². The third-order valence-corrected chi connectivity index (χ3v) is 3.04. The highest BCUT2D eigenvalue weighted by molar-refractivity contribution is 5.96. The normalized spacial score (nSPS) is 12.0. The molecule has 5 heteroatoms. The summed E-state index contributed by atoms with van der Waals surface area (Å²) in [6.45, 7) is 4.88. The Balaban J connectivity index is 3.08. The van der Waals surface area contributed by atoms with Crippen molar-refractivity contribution in [3.63, 3.8) is 0 Å². The van der Waals surface area contributed by atoms with E-state index in [1.54, 1.807) is 19.9 Å². The predicted octanol–water partition coefficient (Wildman–Crippen LogP) is 2.46. The molecule has 0 aliphatic rings. The van der Waals surface area contributed by atoms with Crippen LogP contribution in [0.25, 0.3) is 0 Å². The van der Waals surface area contributed by atoms with Crippen LogP contribution >= 0.6 is 0 Å². The Kier molecular flexibility index (Phi) is 5.03. The van der Waals surface area contributed by atoms with E-state index >= 15 is 0 Å². The molecule has 0 aliphatic heterocycles. The highest BCUT2D eigenvalue weighted by Crippen LogP contribution is 2.15. The second-order valence-corrected chi connectivity index (χ2v) is 4.57. The number of carboxylic acid groups (broad SMARTS) is 1. The number of aryl methyl sites for hydroxylation is 1. The molecule has 1 aromatic rings. The summed E-state index contributed by atoms with van der Waals surface area (Å²) in [4.78, 5) is 24.2. The van der Waals surface area contributed by atoms with Gasteiger partial charge in [-0.15, -0.1) is 0 Å². The van der Waals surface area contributed by atoms with Crippen LogP contribution in [0.4, 0.5) is 4.39 Å². The third kappa shape index (κ3) is 3.77. The lowest BCUT2D eigenvalue weighted by Crippen LogP contribution is -2.42. The van der Waals surface area contributed by atoms with Crippen LogP contribution in [-0.4, -0.2) is 34.5 Å². The minimum atomic E-state index is -1.11. The molecule has 104 valence electrons. The van der Waals surface area contributed by atoms with Crippen molar-refractivity contribution in [3.8, 4) is 0 Å². The zero-order valence-electron chi connectivity index (χ0n) is 11.3. The topological polar surface area (TPSA) is 57.6 Å². The lowest BCUT2D eigenvalue weighted by Gasteiger charge is -2.27. The molecule has 1 amide bonds. The van der Waals surface area contributed by atoms with E-state index in [0.29, 0.717) is 12.0 Å². The molecule has 0 saturated heterocycles. The number of amides is 1. The van der Waals surface area contributed by atoms with Crippen molar-refractivity contribution in [1.82, 2.24) is 4.90 Å². The molecule has 0 saturated carbocycles. The minimum absolute atomic E-state index is 0.0906. The first-order valence-corrected chi connectivity index (χ1v) is 6.15. The van der Waals surface area contributed by atoms with E-state index in [4.69, 9.17) is 5.11 Å². The Hall–Kier alpha value is -1.91. The molecule has 0 radical (unpaired) electrons. The van der Waals surface area contributed by atoms with Gasteiger partial charge in [-0.3, -0.25) is 9.59 Å². The standard InChI is InChI=1S/C14H18FNO3/c1-4-10(3)16(8-13(17)18)14(19)11-6-5-9(2)7-12(11)15/h5-7,10H,4,8H2,1-3H3,(H,17,18)/t10-/m0/s1. The van der Waals surface area contributed by atoms with Gasteiger partial charge < -0.3 is 10.0 Å². The lowest BCUT2D eigenvalue weighted by molar-refractivity contribution is -0.138. The molecule has 1 rings (SSSR count). The molecular weight excluding hydrogens is 249 g/mol. The summed E-state index contributed by atoms with van der Waals surface area (Å²) in [6, 6.07) is 4.03. The molecule has 4 nitrogen and oxygen atoms in total. The number of rotatable bonds is 5. The molecule has 0 bridgehead atoms. The maximum atomic E-state index is 13.8. The van der Waals surface area contributed by atoms with Gasteiger partial charge in [0, 0.05) is 6.04 Å². The number of hydrogen-bond donors (Lipinski definition) is 1. The van der Waals surface area contributed by atoms with Gasteiger partial charge in [0.15, 0.2) is 0 Å². The first kappa shape index (κ1) is 15.1. The van der Waals surface area contributed by atoms with E-state index < -0.39 is 24.2 Å². The van der Waals surface area contributed by atoms with Crippen molar-refractivity contribution in [3.05, 3.63) is 35.1 Å². The summed E-state index contributed by atoms with van der Waals surface area (Å²) in [7, 11) is 0. The number of carbonyl (C=O) groups is 2. The zero-order valence-corrected chi connectivity index (χ0v) is 11.3. The number of nitrogens with zero attached hydrogens (tertiary/aromatic N) is 1. The van der Waals surface area contributed by atoms with E-state index in [1.165, 1.54) is 17.0 Å². The van der Waals surface area contributed by atoms with Gasteiger partial charge in [-0.1, -0.05) is 13.0 Å². The second kappa shape index (κ2) is 6.31. The fraction of sp³-hybridized carbons (Fsp3) is 0.429. The van der Waals surface area contributed by atoms with E-state index in [2.05, 4.69) is 0 Å². The van der Waals surface area contributed by atoms with Gasteiger partial charge in [-0.2, -0.15) is 0 Å². The van der Waals surface area contributed by atoms with Crippen LogP contribution in [-0.2, 0) is 4.79 Å². The van der Waals surface area contributed by atoms with Crippen molar-refractivity contribution in [2.75, 3.05) is 6.54 Å². The maximum Gasteiger partial charge on any atom is 0.323 e. The summed E-state index contributed by atoms with van der Waals surface area (Å²) in [5.74, 6) is -2.32. The van der Waals surface area contributed by atoms with Crippen molar-refractivity contribution >= 4 is 11.9 Å². The van der Waals surface area contributed by atoms with Crippen LogP contribution < -0.4 is 0 Å². The number of benzene rings is 1. The van der Waals surface area contributed by atoms with Crippen molar-refractivity contribution in [2.24, 2.45) is 0 Å². The quantitative estimate of drug-likeness (QED) is 0.891. The number of hydrogen-bond acceptors (Lipinski definition) is 2. The molecular formula is C14H18FNO3. The van der Waals surface area contributed by atoms with Gasteiger partial charge in [-0.05, 0) is 38.0 Å². The van der Waals surface area contributed by atoms with Gasteiger partial charge in [-0.25, -0.2) is 4.39 Å². The molecule has 0 unspecified atom stereocenters. The monoisotopic (exact) mass is 267 g/mol. The fourth-order valence-electron chi connectivity index (χ4n) is 1.74. The average Bonchev–Trinajstić information content (AvgIpc) is 2.34. The Morgan fingerprint density at radius 2 is 2.05 bits per heavy atom. The van der Waals surface area contributed by atoms with Crippen molar-refractivity contribution in [2.45, 2.75) is 33.2 Å². The summed E-state index contributed by atoms with van der Waals surface area (Å²) in [5, 5.41) is 8.85. The van der Waals surface area contributed by atoms with E-state index in [0.717, 1.165) is 0 Å². The van der Waals surface area contributed by atoms with Gasteiger partial charge in [0.1, 0.15) is 12.4 Å². The summed E-state index contributed by atoms with van der Waals surface area (Å²) >= 11 is 0.